The van der Waals surface area contributed by atoms with Gasteiger partial charge in [0.2, 0.25) is 0 Å². The van der Waals surface area contributed by atoms with Crippen LogP contribution in [0.2, 0.25) is 0 Å². The number of nitrogens with zero attached hydrogens (tertiary/aromatic N) is 2. The van der Waals surface area contributed by atoms with Gasteiger partial charge in [0.05, 0.1) is 0 Å². The highest BCUT2D eigenvalue weighted by Gasteiger charge is 2.31. The third kappa shape index (κ3) is 6.14. The van der Waals surface area contributed by atoms with Gasteiger partial charge < -0.3 is 15.4 Å². The number of hydrogen-bond donors (Lipinski definition) is 1. The maximum Gasteiger partial charge on any atom is 0.191 e. The van der Waals surface area contributed by atoms with Crippen LogP contribution in [0.4, 0.5) is 0 Å². The average molecular weight is 427 g/mol. The van der Waals surface area contributed by atoms with Crippen LogP contribution >= 0.6 is 35.7 Å². The highest BCUT2D eigenvalue weighted by molar-refractivity contribution is 14.0. The zero-order valence-corrected chi connectivity index (χ0v) is 16.3. The van der Waals surface area contributed by atoms with Gasteiger partial charge in [-0.1, -0.05) is 19.3 Å². The molecule has 21 heavy (non-hydrogen) atoms. The van der Waals surface area contributed by atoms with Crippen LogP contribution in [0.25, 0.3) is 0 Å². The van der Waals surface area contributed by atoms with Gasteiger partial charge in [0.25, 0.3) is 0 Å². The van der Waals surface area contributed by atoms with Crippen LogP contribution in [-0.4, -0.2) is 55.7 Å². The predicted octanol–water partition coefficient (Wildman–Crippen LogP) is 2.95. The van der Waals surface area contributed by atoms with Crippen LogP contribution < -0.4 is 5.73 Å². The molecule has 124 valence electrons. The number of hydrogen-bond acceptors (Lipinski definition) is 3. The first-order valence-electron chi connectivity index (χ1n) is 7.87. The maximum atomic E-state index is 6.19. The summed E-state index contributed by atoms with van der Waals surface area (Å²) in [5.41, 5.74) is 6.53. The van der Waals surface area contributed by atoms with Gasteiger partial charge in [-0.3, -0.25) is 4.99 Å². The molecule has 6 heteroatoms. The van der Waals surface area contributed by atoms with Crippen molar-refractivity contribution in [2.24, 2.45) is 16.1 Å². The molecule has 1 heterocycles. The smallest absolute Gasteiger partial charge is 0.191 e. The van der Waals surface area contributed by atoms with Crippen molar-refractivity contribution in [2.75, 3.05) is 44.9 Å². The van der Waals surface area contributed by atoms with E-state index in [0.29, 0.717) is 5.41 Å². The summed E-state index contributed by atoms with van der Waals surface area (Å²) in [6.07, 6.45) is 7.72. The van der Waals surface area contributed by atoms with Crippen molar-refractivity contribution < 1.29 is 4.74 Å². The van der Waals surface area contributed by atoms with Gasteiger partial charge in [0, 0.05) is 44.9 Å². The highest BCUT2D eigenvalue weighted by Crippen LogP contribution is 2.39. The molecule has 0 aromatic heterocycles. The van der Waals surface area contributed by atoms with E-state index in [1.807, 2.05) is 11.8 Å². The second-order valence-electron chi connectivity index (χ2n) is 6.08. The molecular formula is C15H30IN3OS. The Morgan fingerprint density at radius 3 is 2.52 bits per heavy atom. The summed E-state index contributed by atoms with van der Waals surface area (Å²) in [5.74, 6) is 3.10. The number of ether oxygens (including phenoxy) is 1. The van der Waals surface area contributed by atoms with E-state index in [1.54, 1.807) is 7.11 Å². The van der Waals surface area contributed by atoms with Crippen molar-refractivity contribution in [3.05, 3.63) is 0 Å². The Kier molecular flexibility index (Phi) is 9.36. The lowest BCUT2D eigenvalue weighted by Crippen LogP contribution is -2.43. The summed E-state index contributed by atoms with van der Waals surface area (Å²) in [7, 11) is 1.79. The van der Waals surface area contributed by atoms with Crippen molar-refractivity contribution in [3.63, 3.8) is 0 Å². The van der Waals surface area contributed by atoms with Crippen molar-refractivity contribution >= 4 is 41.7 Å². The fourth-order valence-corrected chi connectivity index (χ4v) is 4.15. The second kappa shape index (κ2) is 10.2. The van der Waals surface area contributed by atoms with Crippen LogP contribution in [0.5, 0.6) is 0 Å². The minimum Gasteiger partial charge on any atom is -0.385 e. The molecule has 0 aromatic carbocycles. The summed E-state index contributed by atoms with van der Waals surface area (Å²) >= 11 is 2.00. The Hall–Kier alpha value is 0.310. The van der Waals surface area contributed by atoms with E-state index in [0.717, 1.165) is 38.6 Å². The molecule has 2 aliphatic rings. The fourth-order valence-electron chi connectivity index (χ4n) is 3.25. The van der Waals surface area contributed by atoms with Crippen LogP contribution in [-0.2, 0) is 4.74 Å². The third-order valence-electron chi connectivity index (χ3n) is 4.66. The summed E-state index contributed by atoms with van der Waals surface area (Å²) in [5, 5.41) is 0. The van der Waals surface area contributed by atoms with E-state index >= 15 is 0 Å². The van der Waals surface area contributed by atoms with Gasteiger partial charge in [-0.15, -0.1) is 24.0 Å². The number of halogens is 1. The van der Waals surface area contributed by atoms with Gasteiger partial charge in [-0.25, -0.2) is 0 Å². The fraction of sp³-hybridized carbons (Fsp3) is 0.933. The van der Waals surface area contributed by atoms with E-state index in [1.165, 1.54) is 43.6 Å². The summed E-state index contributed by atoms with van der Waals surface area (Å²) in [6.45, 7) is 3.82. The molecule has 2 N–H and O–H groups in total. The topological polar surface area (TPSA) is 50.9 Å². The number of rotatable bonds is 5. The minimum atomic E-state index is 0. The van der Waals surface area contributed by atoms with E-state index in [4.69, 9.17) is 15.5 Å². The molecule has 0 bridgehead atoms. The lowest BCUT2D eigenvalue weighted by molar-refractivity contribution is 0.108. The number of nitrogens with two attached hydrogens (primary N) is 1. The average Bonchev–Trinajstić information content (AvgIpc) is 2.52. The molecule has 0 amide bonds. The molecule has 0 aromatic rings. The summed E-state index contributed by atoms with van der Waals surface area (Å²) in [4.78, 5) is 6.99. The Bertz CT molecular complexity index is 316. The molecule has 0 unspecified atom stereocenters. The molecule has 4 nitrogen and oxygen atoms in total. The minimum absolute atomic E-state index is 0. The SMILES string of the molecule is COCCC1(CN=C(N)N2CCSCC2)CCCCC1.I. The molecule has 0 atom stereocenters. The number of aliphatic imine (C=N–C) groups is 1. The molecule has 2 rings (SSSR count). The van der Waals surface area contributed by atoms with Crippen LogP contribution in [0.1, 0.15) is 38.5 Å². The van der Waals surface area contributed by atoms with Crippen molar-refractivity contribution in [1.82, 2.24) is 4.90 Å². The van der Waals surface area contributed by atoms with E-state index in [2.05, 4.69) is 4.90 Å². The molecule has 2 fully saturated rings. The van der Waals surface area contributed by atoms with Crippen LogP contribution in [0, 0.1) is 5.41 Å². The summed E-state index contributed by atoms with van der Waals surface area (Å²) in [6, 6.07) is 0. The van der Waals surface area contributed by atoms with Crippen LogP contribution in [0.15, 0.2) is 4.99 Å². The van der Waals surface area contributed by atoms with Crippen molar-refractivity contribution in [1.29, 1.82) is 0 Å². The second-order valence-corrected chi connectivity index (χ2v) is 7.30. The lowest BCUT2D eigenvalue weighted by atomic mass is 9.72. The standard InChI is InChI=1S/C15H29N3OS.HI/c1-19-10-7-15(5-3-2-4-6-15)13-17-14(16)18-8-11-20-12-9-18;/h2-13H2,1H3,(H2,16,17);1H. The number of guanidine groups is 1. The van der Waals surface area contributed by atoms with Gasteiger partial charge >= 0.3 is 0 Å². The molecule has 1 saturated carbocycles. The van der Waals surface area contributed by atoms with E-state index in [-0.39, 0.29) is 24.0 Å². The predicted molar refractivity (Wildman–Crippen MR) is 103 cm³/mol. The van der Waals surface area contributed by atoms with Crippen molar-refractivity contribution in [3.8, 4) is 0 Å². The normalized spacial score (nSPS) is 22.7. The molecular weight excluding hydrogens is 397 g/mol. The Morgan fingerprint density at radius 2 is 1.90 bits per heavy atom. The zero-order valence-electron chi connectivity index (χ0n) is 13.2. The zero-order chi connectivity index (χ0) is 14.3. The lowest BCUT2D eigenvalue weighted by Gasteiger charge is -2.36. The first-order chi connectivity index (χ1) is 9.76. The maximum absolute atomic E-state index is 6.19. The number of thioether (sulfide) groups is 1. The quantitative estimate of drug-likeness (QED) is 0.417. The molecule has 1 aliphatic carbocycles. The van der Waals surface area contributed by atoms with E-state index in [9.17, 15) is 0 Å². The largest absolute Gasteiger partial charge is 0.385 e. The van der Waals surface area contributed by atoms with E-state index < -0.39 is 0 Å². The Labute approximate surface area is 150 Å². The van der Waals surface area contributed by atoms with Crippen LogP contribution in [0.3, 0.4) is 0 Å². The monoisotopic (exact) mass is 427 g/mol. The summed E-state index contributed by atoms with van der Waals surface area (Å²) < 4.78 is 5.30. The molecule has 0 radical (unpaired) electrons. The highest BCUT2D eigenvalue weighted by atomic mass is 127. The van der Waals surface area contributed by atoms with Crippen molar-refractivity contribution in [2.45, 2.75) is 38.5 Å². The molecule has 1 saturated heterocycles. The van der Waals surface area contributed by atoms with Gasteiger partial charge in [-0.05, 0) is 24.7 Å². The first-order valence-corrected chi connectivity index (χ1v) is 9.03. The third-order valence-corrected chi connectivity index (χ3v) is 5.60. The number of methoxy groups -OCH3 is 1. The first kappa shape index (κ1) is 19.4. The Balaban J connectivity index is 0.00000220. The van der Waals surface area contributed by atoms with Gasteiger partial charge in [0.1, 0.15) is 0 Å². The van der Waals surface area contributed by atoms with Gasteiger partial charge in [0.15, 0.2) is 5.96 Å². The Morgan fingerprint density at radius 1 is 1.24 bits per heavy atom. The molecule has 0 spiro atoms. The molecule has 1 aliphatic heterocycles. The van der Waals surface area contributed by atoms with Gasteiger partial charge in [-0.2, -0.15) is 11.8 Å².